The number of halogens is 1. The van der Waals surface area contributed by atoms with E-state index in [1.165, 1.54) is 0 Å². The third-order valence-corrected chi connectivity index (χ3v) is 5.06. The molecule has 1 aliphatic rings. The first kappa shape index (κ1) is 18.3. The van der Waals surface area contributed by atoms with Crippen LogP contribution in [0.5, 0.6) is 5.75 Å². The summed E-state index contributed by atoms with van der Waals surface area (Å²) >= 11 is 3.40. The fourth-order valence-corrected chi connectivity index (χ4v) is 3.11. The van der Waals surface area contributed by atoms with Crippen molar-refractivity contribution in [2.45, 2.75) is 45.6 Å². The van der Waals surface area contributed by atoms with E-state index < -0.39 is 0 Å². The van der Waals surface area contributed by atoms with Crippen LogP contribution in [0.25, 0.3) is 0 Å². The van der Waals surface area contributed by atoms with Crippen LogP contribution in [0, 0.1) is 5.41 Å². The second-order valence-electron chi connectivity index (χ2n) is 6.96. The molecular formula is C18H27BrN2O2. The first-order valence-corrected chi connectivity index (χ1v) is 9.09. The number of hydrogen-bond donors (Lipinski definition) is 1. The highest BCUT2D eigenvalue weighted by molar-refractivity contribution is 9.10. The smallest absolute Gasteiger partial charge is 0.222 e. The minimum absolute atomic E-state index is 0.0125. The zero-order valence-electron chi connectivity index (χ0n) is 14.1. The lowest BCUT2D eigenvalue weighted by Crippen LogP contribution is -2.53. The summed E-state index contributed by atoms with van der Waals surface area (Å²) in [6, 6.07) is 7.98. The maximum absolute atomic E-state index is 12.3. The van der Waals surface area contributed by atoms with Crippen LogP contribution in [-0.2, 0) is 4.79 Å². The number of nitrogens with two attached hydrogens (primary N) is 1. The highest BCUT2D eigenvalue weighted by Gasteiger charge is 2.34. The zero-order valence-corrected chi connectivity index (χ0v) is 15.6. The first-order chi connectivity index (χ1) is 10.9. The van der Waals surface area contributed by atoms with E-state index in [1.54, 1.807) is 0 Å². The molecule has 2 rings (SSSR count). The molecule has 23 heavy (non-hydrogen) atoms. The van der Waals surface area contributed by atoms with Crippen molar-refractivity contribution in [3.8, 4) is 5.75 Å². The summed E-state index contributed by atoms with van der Waals surface area (Å²) in [5.41, 5.74) is 6.13. The van der Waals surface area contributed by atoms with Crippen LogP contribution in [0.4, 0.5) is 0 Å². The maximum atomic E-state index is 12.3. The van der Waals surface area contributed by atoms with E-state index in [1.807, 2.05) is 29.2 Å². The molecule has 1 heterocycles. The van der Waals surface area contributed by atoms with Crippen LogP contribution < -0.4 is 10.5 Å². The molecule has 0 aromatic heterocycles. The van der Waals surface area contributed by atoms with Crippen molar-refractivity contribution in [3.63, 3.8) is 0 Å². The summed E-state index contributed by atoms with van der Waals surface area (Å²) < 4.78 is 6.71. The fourth-order valence-electron chi connectivity index (χ4n) is 2.84. The molecule has 0 aliphatic carbocycles. The van der Waals surface area contributed by atoms with Gasteiger partial charge in [0.25, 0.3) is 0 Å². The van der Waals surface area contributed by atoms with E-state index in [0.717, 1.165) is 42.6 Å². The van der Waals surface area contributed by atoms with Gasteiger partial charge in [-0.15, -0.1) is 0 Å². The Morgan fingerprint density at radius 3 is 2.70 bits per heavy atom. The quantitative estimate of drug-likeness (QED) is 0.764. The van der Waals surface area contributed by atoms with Crippen LogP contribution in [0.2, 0.25) is 0 Å². The molecule has 1 aliphatic heterocycles. The molecule has 1 atom stereocenters. The number of carbonyl (C=O) groups excluding carboxylic acids is 1. The van der Waals surface area contributed by atoms with Crippen LogP contribution in [0.3, 0.4) is 0 Å². The Kier molecular flexibility index (Phi) is 6.48. The summed E-state index contributed by atoms with van der Waals surface area (Å²) in [7, 11) is 0. The van der Waals surface area contributed by atoms with Gasteiger partial charge in [0.05, 0.1) is 6.61 Å². The number of likely N-dealkylation sites (tertiary alicyclic amines) is 1. The zero-order chi connectivity index (χ0) is 16.9. The highest BCUT2D eigenvalue weighted by Crippen LogP contribution is 2.28. The van der Waals surface area contributed by atoms with Gasteiger partial charge in [-0.05, 0) is 48.9 Å². The third-order valence-electron chi connectivity index (χ3n) is 4.53. The van der Waals surface area contributed by atoms with Crippen LogP contribution in [0.1, 0.15) is 39.5 Å². The van der Waals surface area contributed by atoms with Crippen molar-refractivity contribution < 1.29 is 9.53 Å². The van der Waals surface area contributed by atoms with E-state index in [4.69, 9.17) is 10.5 Å². The van der Waals surface area contributed by atoms with Gasteiger partial charge in [-0.2, -0.15) is 0 Å². The van der Waals surface area contributed by atoms with Crippen molar-refractivity contribution in [2.24, 2.45) is 11.1 Å². The van der Waals surface area contributed by atoms with Crippen LogP contribution in [-0.4, -0.2) is 36.5 Å². The number of carbonyl (C=O) groups is 1. The molecule has 1 fully saturated rings. The minimum atomic E-state index is 0.0125. The number of benzene rings is 1. The van der Waals surface area contributed by atoms with Gasteiger partial charge in [0.2, 0.25) is 5.91 Å². The standard InChI is InChI=1S/C18H27BrN2O2/c1-18(2)13-21(11-10-16(18)20)17(22)5-3-4-12-23-15-8-6-14(19)7-9-15/h6-9,16H,3-5,10-13,20H2,1-2H3. The third kappa shape index (κ3) is 5.50. The lowest BCUT2D eigenvalue weighted by atomic mass is 9.79. The molecule has 0 spiro atoms. The highest BCUT2D eigenvalue weighted by atomic mass is 79.9. The second-order valence-corrected chi connectivity index (χ2v) is 7.87. The van der Waals surface area contributed by atoms with Crippen molar-refractivity contribution in [1.29, 1.82) is 0 Å². The lowest BCUT2D eigenvalue weighted by molar-refractivity contribution is -0.134. The SMILES string of the molecule is CC1(C)CN(C(=O)CCCCOc2ccc(Br)cc2)CCC1N. The molecule has 0 radical (unpaired) electrons. The predicted molar refractivity (Wildman–Crippen MR) is 96.4 cm³/mol. The molecule has 4 nitrogen and oxygen atoms in total. The van der Waals surface area contributed by atoms with Gasteiger partial charge < -0.3 is 15.4 Å². The first-order valence-electron chi connectivity index (χ1n) is 8.30. The minimum Gasteiger partial charge on any atom is -0.494 e. The van der Waals surface area contributed by atoms with Gasteiger partial charge in [0.1, 0.15) is 5.75 Å². The number of unbranched alkanes of at least 4 members (excludes halogenated alkanes) is 1. The summed E-state index contributed by atoms with van der Waals surface area (Å²) in [4.78, 5) is 14.3. The molecule has 1 aromatic carbocycles. The summed E-state index contributed by atoms with van der Waals surface area (Å²) in [6.07, 6.45) is 3.23. The Morgan fingerprint density at radius 1 is 1.35 bits per heavy atom. The van der Waals surface area contributed by atoms with Crippen molar-refractivity contribution in [2.75, 3.05) is 19.7 Å². The van der Waals surface area contributed by atoms with E-state index in [-0.39, 0.29) is 17.4 Å². The number of nitrogens with zero attached hydrogens (tertiary/aromatic N) is 1. The largest absolute Gasteiger partial charge is 0.494 e. The Balaban J connectivity index is 1.64. The molecule has 2 N–H and O–H groups in total. The van der Waals surface area contributed by atoms with Gasteiger partial charge >= 0.3 is 0 Å². The Hall–Kier alpha value is -1.07. The van der Waals surface area contributed by atoms with Crippen molar-refractivity contribution in [1.82, 2.24) is 4.90 Å². The lowest BCUT2D eigenvalue weighted by Gasteiger charge is -2.42. The van der Waals surface area contributed by atoms with Gasteiger partial charge in [-0.25, -0.2) is 0 Å². The maximum Gasteiger partial charge on any atom is 0.222 e. The number of ether oxygens (including phenoxy) is 1. The Morgan fingerprint density at radius 2 is 2.04 bits per heavy atom. The number of piperidine rings is 1. The normalized spacial score (nSPS) is 20.3. The van der Waals surface area contributed by atoms with Crippen molar-refractivity contribution >= 4 is 21.8 Å². The number of rotatable bonds is 6. The molecule has 1 amide bonds. The van der Waals surface area contributed by atoms with Gasteiger partial charge in [0.15, 0.2) is 0 Å². The fraction of sp³-hybridized carbons (Fsp3) is 0.611. The molecule has 5 heteroatoms. The molecule has 1 aromatic rings. The summed E-state index contributed by atoms with van der Waals surface area (Å²) in [6.45, 7) is 6.48. The second kappa shape index (κ2) is 8.15. The molecule has 0 saturated carbocycles. The van der Waals surface area contributed by atoms with Gasteiger partial charge in [-0.1, -0.05) is 29.8 Å². The van der Waals surface area contributed by atoms with E-state index in [9.17, 15) is 4.79 Å². The average molecular weight is 383 g/mol. The Labute approximate surface area is 147 Å². The predicted octanol–water partition coefficient (Wildman–Crippen LogP) is 3.58. The molecule has 1 saturated heterocycles. The number of hydrogen-bond acceptors (Lipinski definition) is 3. The topological polar surface area (TPSA) is 55.6 Å². The van der Waals surface area contributed by atoms with Gasteiger partial charge in [-0.3, -0.25) is 4.79 Å². The summed E-state index contributed by atoms with van der Waals surface area (Å²) in [5.74, 6) is 1.11. The molecule has 128 valence electrons. The van der Waals surface area contributed by atoms with E-state index in [0.29, 0.717) is 13.0 Å². The van der Waals surface area contributed by atoms with E-state index >= 15 is 0 Å². The van der Waals surface area contributed by atoms with Crippen LogP contribution >= 0.6 is 15.9 Å². The van der Waals surface area contributed by atoms with Crippen molar-refractivity contribution in [3.05, 3.63) is 28.7 Å². The Bertz CT molecular complexity index is 516. The molecular weight excluding hydrogens is 356 g/mol. The number of amides is 1. The average Bonchev–Trinajstić information content (AvgIpc) is 2.51. The van der Waals surface area contributed by atoms with E-state index in [2.05, 4.69) is 29.8 Å². The van der Waals surface area contributed by atoms with Gasteiger partial charge in [0, 0.05) is 30.0 Å². The molecule has 0 bridgehead atoms. The van der Waals surface area contributed by atoms with Crippen LogP contribution in [0.15, 0.2) is 28.7 Å². The molecule has 1 unspecified atom stereocenters. The summed E-state index contributed by atoms with van der Waals surface area (Å²) in [5, 5.41) is 0. The monoisotopic (exact) mass is 382 g/mol.